The SMILES string of the molecule is CC(C)CC(NC(=O)c1cc(-c2ccco2)nc2c(C(N)=O)ncn12)C(=O)O. The van der Waals surface area contributed by atoms with Crippen LogP contribution >= 0.6 is 0 Å². The quantitative estimate of drug-likeness (QED) is 0.554. The van der Waals surface area contributed by atoms with Gasteiger partial charge in [0.2, 0.25) is 0 Å². The third-order valence-electron chi connectivity index (χ3n) is 4.05. The fourth-order valence-electron chi connectivity index (χ4n) is 2.79. The molecule has 0 bridgehead atoms. The van der Waals surface area contributed by atoms with Gasteiger partial charge in [0.1, 0.15) is 23.8 Å². The molecule has 4 N–H and O–H groups in total. The van der Waals surface area contributed by atoms with Gasteiger partial charge in [0.05, 0.1) is 6.26 Å². The molecule has 146 valence electrons. The van der Waals surface area contributed by atoms with Crippen LogP contribution in [0.5, 0.6) is 0 Å². The van der Waals surface area contributed by atoms with Crippen LogP contribution in [0.15, 0.2) is 35.2 Å². The lowest BCUT2D eigenvalue weighted by atomic mass is 10.0. The van der Waals surface area contributed by atoms with Crippen LogP contribution in [0.1, 0.15) is 41.2 Å². The van der Waals surface area contributed by atoms with E-state index in [-0.39, 0.29) is 35.1 Å². The fourth-order valence-corrected chi connectivity index (χ4v) is 2.79. The number of furan rings is 1. The molecule has 1 unspecified atom stereocenters. The van der Waals surface area contributed by atoms with Gasteiger partial charge in [-0.05, 0) is 30.5 Å². The second-order valence-corrected chi connectivity index (χ2v) is 6.65. The number of nitrogens with zero attached hydrogens (tertiary/aromatic N) is 3. The Labute approximate surface area is 159 Å². The van der Waals surface area contributed by atoms with Crippen molar-refractivity contribution < 1.29 is 23.9 Å². The van der Waals surface area contributed by atoms with E-state index in [1.165, 1.54) is 23.1 Å². The number of rotatable bonds is 7. The Kier molecular flexibility index (Phi) is 5.12. The van der Waals surface area contributed by atoms with Crippen molar-refractivity contribution in [1.29, 1.82) is 0 Å². The van der Waals surface area contributed by atoms with Gasteiger partial charge in [0.15, 0.2) is 17.1 Å². The molecule has 0 aliphatic heterocycles. The molecule has 0 aromatic carbocycles. The second-order valence-electron chi connectivity index (χ2n) is 6.65. The van der Waals surface area contributed by atoms with Gasteiger partial charge in [0.25, 0.3) is 11.8 Å². The van der Waals surface area contributed by atoms with Gasteiger partial charge in [0, 0.05) is 0 Å². The van der Waals surface area contributed by atoms with Crippen LogP contribution in [0.25, 0.3) is 17.1 Å². The average Bonchev–Trinajstić information content (AvgIpc) is 3.29. The summed E-state index contributed by atoms with van der Waals surface area (Å²) in [5.74, 6) is -2.16. The Balaban J connectivity index is 2.09. The van der Waals surface area contributed by atoms with Crippen molar-refractivity contribution in [3.8, 4) is 11.5 Å². The number of amides is 2. The number of nitrogens with two attached hydrogens (primary N) is 1. The minimum atomic E-state index is -1.14. The molecule has 0 saturated carbocycles. The first kappa shape index (κ1) is 19.1. The van der Waals surface area contributed by atoms with E-state index >= 15 is 0 Å². The Bertz CT molecular complexity index is 1040. The zero-order chi connectivity index (χ0) is 20.4. The molecule has 3 heterocycles. The Morgan fingerprint density at radius 2 is 2.11 bits per heavy atom. The number of nitrogens with one attached hydrogen (secondary N) is 1. The van der Waals surface area contributed by atoms with Crippen molar-refractivity contribution in [2.24, 2.45) is 11.7 Å². The first-order valence-corrected chi connectivity index (χ1v) is 8.53. The van der Waals surface area contributed by atoms with Crippen molar-refractivity contribution in [2.45, 2.75) is 26.3 Å². The number of hydrogen-bond acceptors (Lipinski definition) is 6. The molecule has 2 amide bonds. The molecular weight excluding hydrogens is 366 g/mol. The third kappa shape index (κ3) is 3.70. The maximum Gasteiger partial charge on any atom is 0.326 e. The normalized spacial score (nSPS) is 12.2. The van der Waals surface area contributed by atoms with E-state index in [4.69, 9.17) is 10.2 Å². The molecule has 10 nitrogen and oxygen atoms in total. The lowest BCUT2D eigenvalue weighted by Crippen LogP contribution is -2.42. The summed E-state index contributed by atoms with van der Waals surface area (Å²) in [6.45, 7) is 3.72. The van der Waals surface area contributed by atoms with E-state index < -0.39 is 23.8 Å². The van der Waals surface area contributed by atoms with E-state index in [9.17, 15) is 19.5 Å². The van der Waals surface area contributed by atoms with Crippen LogP contribution in [0.2, 0.25) is 0 Å². The van der Waals surface area contributed by atoms with E-state index in [0.29, 0.717) is 5.76 Å². The van der Waals surface area contributed by atoms with Crippen molar-refractivity contribution in [1.82, 2.24) is 19.7 Å². The van der Waals surface area contributed by atoms with Crippen LogP contribution < -0.4 is 11.1 Å². The van der Waals surface area contributed by atoms with Gasteiger partial charge in [-0.1, -0.05) is 13.8 Å². The second kappa shape index (κ2) is 7.51. The summed E-state index contributed by atoms with van der Waals surface area (Å²) in [6.07, 6.45) is 2.94. The predicted molar refractivity (Wildman–Crippen MR) is 97.6 cm³/mol. The summed E-state index contributed by atoms with van der Waals surface area (Å²) in [5, 5.41) is 11.9. The lowest BCUT2D eigenvalue weighted by Gasteiger charge is -2.17. The monoisotopic (exact) mass is 385 g/mol. The van der Waals surface area contributed by atoms with E-state index in [1.807, 2.05) is 13.8 Å². The topological polar surface area (TPSA) is 153 Å². The molecule has 0 aliphatic rings. The molecule has 3 aromatic heterocycles. The lowest BCUT2D eigenvalue weighted by molar-refractivity contribution is -0.139. The number of imidazole rings is 1. The predicted octanol–water partition coefficient (Wildman–Crippen LogP) is 1.32. The zero-order valence-corrected chi connectivity index (χ0v) is 15.2. The van der Waals surface area contributed by atoms with Crippen LogP contribution in [0.4, 0.5) is 0 Å². The first-order valence-electron chi connectivity index (χ1n) is 8.53. The van der Waals surface area contributed by atoms with Crippen LogP contribution in [0.3, 0.4) is 0 Å². The molecule has 3 aromatic rings. The Hall–Kier alpha value is -3.69. The summed E-state index contributed by atoms with van der Waals surface area (Å²) < 4.78 is 6.61. The van der Waals surface area contributed by atoms with Crippen molar-refractivity contribution in [3.63, 3.8) is 0 Å². The minimum Gasteiger partial charge on any atom is -0.480 e. The smallest absolute Gasteiger partial charge is 0.326 e. The highest BCUT2D eigenvalue weighted by Gasteiger charge is 2.25. The van der Waals surface area contributed by atoms with Gasteiger partial charge >= 0.3 is 5.97 Å². The van der Waals surface area contributed by atoms with Crippen LogP contribution in [-0.2, 0) is 4.79 Å². The molecule has 0 fully saturated rings. The fraction of sp³-hybridized carbons (Fsp3) is 0.278. The van der Waals surface area contributed by atoms with E-state index in [0.717, 1.165) is 0 Å². The number of fused-ring (bicyclic) bond motifs is 1. The van der Waals surface area contributed by atoms with Gasteiger partial charge in [-0.25, -0.2) is 14.8 Å². The molecular formula is C18H19N5O5. The Morgan fingerprint density at radius 3 is 2.68 bits per heavy atom. The summed E-state index contributed by atoms with van der Waals surface area (Å²) in [4.78, 5) is 44.2. The molecule has 1 atom stereocenters. The van der Waals surface area contributed by atoms with Gasteiger partial charge < -0.3 is 20.6 Å². The first-order chi connectivity index (χ1) is 13.3. The van der Waals surface area contributed by atoms with Crippen LogP contribution in [-0.4, -0.2) is 43.3 Å². The maximum atomic E-state index is 12.9. The molecule has 0 spiro atoms. The van der Waals surface area contributed by atoms with Gasteiger partial charge in [-0.15, -0.1) is 0 Å². The van der Waals surface area contributed by atoms with Crippen molar-refractivity contribution >= 4 is 23.4 Å². The largest absolute Gasteiger partial charge is 0.480 e. The molecule has 0 saturated heterocycles. The minimum absolute atomic E-state index is 0.0476. The number of aliphatic carboxylic acids is 1. The Morgan fingerprint density at radius 1 is 1.36 bits per heavy atom. The number of carbonyl (C=O) groups is 3. The maximum absolute atomic E-state index is 12.9. The van der Waals surface area contributed by atoms with Crippen molar-refractivity contribution in [2.75, 3.05) is 0 Å². The average molecular weight is 385 g/mol. The molecule has 3 rings (SSSR count). The summed E-state index contributed by atoms with van der Waals surface area (Å²) >= 11 is 0. The summed E-state index contributed by atoms with van der Waals surface area (Å²) in [5.41, 5.74) is 5.62. The highest BCUT2D eigenvalue weighted by molar-refractivity contribution is 6.00. The van der Waals surface area contributed by atoms with Gasteiger partial charge in [-0.3, -0.25) is 14.0 Å². The highest BCUT2D eigenvalue weighted by atomic mass is 16.4. The van der Waals surface area contributed by atoms with E-state index in [1.54, 1.807) is 12.1 Å². The van der Waals surface area contributed by atoms with Crippen molar-refractivity contribution in [3.05, 3.63) is 42.2 Å². The van der Waals surface area contributed by atoms with Crippen LogP contribution in [0, 0.1) is 5.92 Å². The number of primary amides is 1. The van der Waals surface area contributed by atoms with E-state index in [2.05, 4.69) is 15.3 Å². The number of carboxylic acid groups (broad SMARTS) is 1. The summed E-state index contributed by atoms with van der Waals surface area (Å²) in [7, 11) is 0. The number of hydrogen-bond donors (Lipinski definition) is 3. The zero-order valence-electron chi connectivity index (χ0n) is 15.2. The molecule has 28 heavy (non-hydrogen) atoms. The molecule has 10 heteroatoms. The number of carboxylic acids is 1. The molecule has 0 aliphatic carbocycles. The summed E-state index contributed by atoms with van der Waals surface area (Å²) in [6, 6.07) is 3.65. The molecule has 0 radical (unpaired) electrons. The highest BCUT2D eigenvalue weighted by Crippen LogP contribution is 2.22. The number of carbonyl (C=O) groups excluding carboxylic acids is 2. The van der Waals surface area contributed by atoms with Gasteiger partial charge in [-0.2, -0.15) is 0 Å². The third-order valence-corrected chi connectivity index (χ3v) is 4.05. The number of aromatic nitrogens is 3. The standard InChI is InChI=1S/C18H19N5O5/c1-9(2)6-11(18(26)27)22-17(25)12-7-10(13-4-3-5-28-13)21-16-14(15(19)24)20-8-23(12)16/h3-5,7-9,11H,6H2,1-2H3,(H2,19,24)(H,22,25)(H,26,27).